The molecule has 4 rings (SSSR count). The normalized spacial score (nSPS) is 14.7. The Labute approximate surface area is 244 Å². The van der Waals surface area contributed by atoms with Gasteiger partial charge in [-0.25, -0.2) is 8.42 Å². The lowest BCUT2D eigenvalue weighted by molar-refractivity contribution is -0.140. The molecule has 1 saturated carbocycles. The highest BCUT2D eigenvalue weighted by Gasteiger charge is 2.34. The van der Waals surface area contributed by atoms with Gasteiger partial charge in [-0.2, -0.15) is 0 Å². The van der Waals surface area contributed by atoms with Crippen LogP contribution in [-0.4, -0.2) is 43.8 Å². The molecule has 1 aliphatic rings. The van der Waals surface area contributed by atoms with Crippen LogP contribution in [0.5, 0.6) is 0 Å². The molecule has 0 aromatic heterocycles. The summed E-state index contributed by atoms with van der Waals surface area (Å²) in [5.74, 6) is -0.621. The summed E-state index contributed by atoms with van der Waals surface area (Å²) < 4.78 is 28.9. The van der Waals surface area contributed by atoms with Gasteiger partial charge in [0, 0.05) is 12.6 Å². The second-order valence-electron chi connectivity index (χ2n) is 10.9. The van der Waals surface area contributed by atoms with Gasteiger partial charge in [-0.3, -0.25) is 13.9 Å². The molecule has 0 spiro atoms. The van der Waals surface area contributed by atoms with Crippen LogP contribution in [0.3, 0.4) is 0 Å². The maximum atomic E-state index is 14.2. The maximum Gasteiger partial charge on any atom is 0.264 e. The lowest BCUT2D eigenvalue weighted by Gasteiger charge is -2.34. The molecule has 0 saturated heterocycles. The van der Waals surface area contributed by atoms with Gasteiger partial charge in [-0.05, 0) is 62.9 Å². The van der Waals surface area contributed by atoms with E-state index in [4.69, 9.17) is 0 Å². The Hall–Kier alpha value is -3.65. The predicted octanol–water partition coefficient (Wildman–Crippen LogP) is 5.76. The first-order chi connectivity index (χ1) is 19.7. The molecule has 1 unspecified atom stereocenters. The second kappa shape index (κ2) is 13.8. The van der Waals surface area contributed by atoms with Crippen molar-refractivity contribution in [1.29, 1.82) is 0 Å². The number of rotatable bonds is 11. The number of nitrogens with zero attached hydrogens (tertiary/aromatic N) is 2. The lowest BCUT2D eigenvalue weighted by Crippen LogP contribution is -2.54. The predicted molar refractivity (Wildman–Crippen MR) is 163 cm³/mol. The van der Waals surface area contributed by atoms with Crippen molar-refractivity contribution in [2.45, 2.75) is 82.8 Å². The number of carbonyl (C=O) groups is 2. The molecule has 3 aromatic carbocycles. The fraction of sp³-hybridized carbons (Fsp3) is 0.394. The Morgan fingerprint density at radius 3 is 2.02 bits per heavy atom. The van der Waals surface area contributed by atoms with E-state index in [1.807, 2.05) is 57.2 Å². The van der Waals surface area contributed by atoms with E-state index in [9.17, 15) is 18.0 Å². The minimum atomic E-state index is -4.06. The van der Waals surface area contributed by atoms with E-state index < -0.39 is 28.5 Å². The van der Waals surface area contributed by atoms with Crippen molar-refractivity contribution < 1.29 is 18.0 Å². The van der Waals surface area contributed by atoms with E-state index in [2.05, 4.69) is 5.32 Å². The van der Waals surface area contributed by atoms with Crippen molar-refractivity contribution in [2.75, 3.05) is 10.8 Å². The third kappa shape index (κ3) is 7.76. The van der Waals surface area contributed by atoms with Crippen molar-refractivity contribution in [1.82, 2.24) is 10.2 Å². The van der Waals surface area contributed by atoms with E-state index in [0.717, 1.165) is 46.7 Å². The highest BCUT2D eigenvalue weighted by atomic mass is 32.2. The molecule has 8 heteroatoms. The van der Waals surface area contributed by atoms with Crippen LogP contribution in [0.15, 0.2) is 83.8 Å². The van der Waals surface area contributed by atoms with Crippen molar-refractivity contribution in [3.63, 3.8) is 0 Å². The minimum Gasteiger partial charge on any atom is -0.352 e. The average molecular weight is 576 g/mol. The van der Waals surface area contributed by atoms with Crippen molar-refractivity contribution in [2.24, 2.45) is 0 Å². The molecule has 2 amide bonds. The summed E-state index contributed by atoms with van der Waals surface area (Å²) in [6, 6.07) is 22.4. The van der Waals surface area contributed by atoms with Crippen molar-refractivity contribution in [3.8, 4) is 0 Å². The summed E-state index contributed by atoms with van der Waals surface area (Å²) >= 11 is 0. The summed E-state index contributed by atoms with van der Waals surface area (Å²) in [4.78, 5) is 29.4. The number of benzene rings is 3. The Morgan fingerprint density at radius 1 is 0.854 bits per heavy atom. The Kier molecular flexibility index (Phi) is 10.2. The van der Waals surface area contributed by atoms with Crippen LogP contribution in [0.25, 0.3) is 0 Å². The van der Waals surface area contributed by atoms with Gasteiger partial charge in [0.15, 0.2) is 0 Å². The first-order valence-electron chi connectivity index (χ1n) is 14.5. The van der Waals surface area contributed by atoms with Crippen LogP contribution in [-0.2, 0) is 26.2 Å². The number of hydrogen-bond acceptors (Lipinski definition) is 4. The zero-order chi connectivity index (χ0) is 29.4. The van der Waals surface area contributed by atoms with E-state index in [0.29, 0.717) is 12.1 Å². The van der Waals surface area contributed by atoms with Gasteiger partial charge in [0.2, 0.25) is 11.8 Å². The summed E-state index contributed by atoms with van der Waals surface area (Å²) in [6.45, 7) is 5.57. The molecule has 0 heterocycles. The number of nitrogens with one attached hydrogen (secondary N) is 1. The van der Waals surface area contributed by atoms with Gasteiger partial charge in [-0.1, -0.05) is 91.9 Å². The number of amides is 2. The standard InChI is InChI=1S/C33H41N3O4S/c1-4-31(33(38)34-28-11-7-5-8-12-28)35(23-27-19-15-25(2)16-20-27)32(37)24-36(29-21-17-26(3)18-22-29)41(39,40)30-13-9-6-10-14-30/h6,9-10,13-22,28,31H,4-5,7-8,11-12,23-24H2,1-3H3,(H,34,38). The Balaban J connectivity index is 1.68. The second-order valence-corrected chi connectivity index (χ2v) is 12.8. The number of sulfonamides is 1. The Morgan fingerprint density at radius 2 is 1.44 bits per heavy atom. The summed E-state index contributed by atoms with van der Waals surface area (Å²) in [5.41, 5.74) is 3.33. The zero-order valence-electron chi connectivity index (χ0n) is 24.3. The number of hydrogen-bond donors (Lipinski definition) is 1. The first kappa shape index (κ1) is 30.3. The van der Waals surface area contributed by atoms with Gasteiger partial charge < -0.3 is 10.2 Å². The molecular weight excluding hydrogens is 534 g/mol. The average Bonchev–Trinajstić information content (AvgIpc) is 2.98. The number of anilines is 1. The molecular formula is C33H41N3O4S. The van der Waals surface area contributed by atoms with Gasteiger partial charge in [0.1, 0.15) is 12.6 Å². The van der Waals surface area contributed by atoms with Crippen LogP contribution in [0.4, 0.5) is 5.69 Å². The largest absolute Gasteiger partial charge is 0.352 e. The molecule has 0 aliphatic heterocycles. The molecule has 1 aliphatic carbocycles. The third-order valence-corrected chi connectivity index (χ3v) is 9.53. The van der Waals surface area contributed by atoms with Crippen LogP contribution in [0.2, 0.25) is 0 Å². The lowest BCUT2D eigenvalue weighted by atomic mass is 9.95. The highest BCUT2D eigenvalue weighted by Crippen LogP contribution is 2.25. The van der Waals surface area contributed by atoms with E-state index >= 15 is 0 Å². The van der Waals surface area contributed by atoms with Crippen LogP contribution in [0.1, 0.15) is 62.1 Å². The molecule has 0 radical (unpaired) electrons. The molecule has 218 valence electrons. The van der Waals surface area contributed by atoms with Crippen molar-refractivity contribution in [3.05, 3.63) is 95.6 Å². The third-order valence-electron chi connectivity index (χ3n) is 7.74. The van der Waals surface area contributed by atoms with Crippen molar-refractivity contribution >= 4 is 27.5 Å². The zero-order valence-corrected chi connectivity index (χ0v) is 25.1. The van der Waals surface area contributed by atoms with E-state index in [1.165, 1.54) is 18.6 Å². The van der Waals surface area contributed by atoms with Gasteiger partial charge in [-0.15, -0.1) is 0 Å². The molecule has 41 heavy (non-hydrogen) atoms. The number of carbonyl (C=O) groups excluding carboxylic acids is 2. The molecule has 3 aromatic rings. The van der Waals surface area contributed by atoms with Gasteiger partial charge >= 0.3 is 0 Å². The smallest absolute Gasteiger partial charge is 0.264 e. The Bertz CT molecular complexity index is 1400. The van der Waals surface area contributed by atoms with Crippen LogP contribution < -0.4 is 9.62 Å². The van der Waals surface area contributed by atoms with Crippen LogP contribution >= 0.6 is 0 Å². The summed E-state index contributed by atoms with van der Waals surface area (Å²) in [7, 11) is -4.06. The van der Waals surface area contributed by atoms with Gasteiger partial charge in [0.05, 0.1) is 10.6 Å². The van der Waals surface area contributed by atoms with Gasteiger partial charge in [0.25, 0.3) is 10.0 Å². The molecule has 1 N–H and O–H groups in total. The highest BCUT2D eigenvalue weighted by molar-refractivity contribution is 7.92. The quantitative estimate of drug-likeness (QED) is 0.315. The molecule has 1 atom stereocenters. The first-order valence-corrected chi connectivity index (χ1v) is 15.9. The SMILES string of the molecule is CCC(C(=O)NC1CCCCC1)N(Cc1ccc(C)cc1)C(=O)CN(c1ccc(C)cc1)S(=O)(=O)c1ccccc1. The molecule has 7 nitrogen and oxygen atoms in total. The minimum absolute atomic E-state index is 0.0977. The topological polar surface area (TPSA) is 86.8 Å². The summed E-state index contributed by atoms with van der Waals surface area (Å²) in [6.07, 6.45) is 5.61. The molecule has 0 bridgehead atoms. The monoisotopic (exact) mass is 575 g/mol. The van der Waals surface area contributed by atoms with Crippen LogP contribution in [0, 0.1) is 13.8 Å². The maximum absolute atomic E-state index is 14.2. The van der Waals surface area contributed by atoms with E-state index in [-0.39, 0.29) is 23.4 Å². The fourth-order valence-corrected chi connectivity index (χ4v) is 6.75. The molecule has 1 fully saturated rings. The fourth-order valence-electron chi connectivity index (χ4n) is 5.31. The summed E-state index contributed by atoms with van der Waals surface area (Å²) in [5, 5.41) is 3.18. The van der Waals surface area contributed by atoms with E-state index in [1.54, 1.807) is 35.2 Å². The number of aryl methyl sites for hydroxylation is 2.